The smallest absolute Gasteiger partial charge is 0.0752 e. The van der Waals surface area contributed by atoms with E-state index in [1.165, 1.54) is 32.1 Å². The van der Waals surface area contributed by atoms with Gasteiger partial charge in [-0.3, -0.25) is 0 Å². The lowest BCUT2D eigenvalue weighted by Crippen LogP contribution is -2.07. The molecule has 0 bridgehead atoms. The van der Waals surface area contributed by atoms with Crippen LogP contribution in [0.3, 0.4) is 0 Å². The molecule has 0 aromatic carbocycles. The highest BCUT2D eigenvalue weighted by Gasteiger charge is 2.01. The topological polar surface area (TPSA) is 18.5 Å². The number of hydrogen-bond acceptors (Lipinski definition) is 2. The molecule has 0 aliphatic carbocycles. The lowest BCUT2D eigenvalue weighted by Gasteiger charge is -2.10. The van der Waals surface area contributed by atoms with Crippen LogP contribution in [0, 0.1) is 0 Å². The third-order valence-corrected chi connectivity index (χ3v) is 2.91. The first-order chi connectivity index (χ1) is 8.85. The second-order valence-corrected chi connectivity index (χ2v) is 4.51. The van der Waals surface area contributed by atoms with Crippen molar-refractivity contribution in [2.75, 3.05) is 20.3 Å². The number of methoxy groups -OCH3 is 1. The summed E-state index contributed by atoms with van der Waals surface area (Å²) in [6.45, 7) is 5.60. The van der Waals surface area contributed by atoms with E-state index in [0.717, 1.165) is 6.42 Å². The molecule has 2 nitrogen and oxygen atoms in total. The van der Waals surface area contributed by atoms with Gasteiger partial charge in [-0.25, -0.2) is 0 Å². The van der Waals surface area contributed by atoms with Gasteiger partial charge in [-0.1, -0.05) is 63.3 Å². The van der Waals surface area contributed by atoms with Gasteiger partial charge in [-0.2, -0.15) is 0 Å². The Morgan fingerprint density at radius 3 is 2.39 bits per heavy atom. The van der Waals surface area contributed by atoms with E-state index in [-0.39, 0.29) is 6.10 Å². The van der Waals surface area contributed by atoms with Crippen LogP contribution in [0.1, 0.15) is 52.4 Å². The number of ether oxygens (including phenoxy) is 2. The van der Waals surface area contributed by atoms with E-state index >= 15 is 0 Å². The van der Waals surface area contributed by atoms with E-state index < -0.39 is 0 Å². The van der Waals surface area contributed by atoms with Gasteiger partial charge in [-0.05, 0) is 13.3 Å². The predicted molar refractivity (Wildman–Crippen MR) is 78.9 cm³/mol. The summed E-state index contributed by atoms with van der Waals surface area (Å²) in [6.07, 6.45) is 16.1. The normalized spacial score (nSPS) is 13.7. The molecule has 0 N–H and O–H groups in total. The van der Waals surface area contributed by atoms with Gasteiger partial charge in [0.05, 0.1) is 19.3 Å². The highest BCUT2D eigenvalue weighted by Crippen LogP contribution is 2.09. The molecule has 0 aliphatic rings. The second kappa shape index (κ2) is 14.5. The highest BCUT2D eigenvalue weighted by molar-refractivity contribution is 4.89. The minimum Gasteiger partial charge on any atom is -0.377 e. The molecule has 0 fully saturated rings. The van der Waals surface area contributed by atoms with Gasteiger partial charge in [0.25, 0.3) is 0 Å². The van der Waals surface area contributed by atoms with Crippen LogP contribution in [0.5, 0.6) is 0 Å². The maximum atomic E-state index is 5.43. The molecule has 1 unspecified atom stereocenters. The van der Waals surface area contributed by atoms with Gasteiger partial charge < -0.3 is 9.47 Å². The van der Waals surface area contributed by atoms with Crippen LogP contribution in [0.15, 0.2) is 24.3 Å². The summed E-state index contributed by atoms with van der Waals surface area (Å²) in [4.78, 5) is 0. The quantitative estimate of drug-likeness (QED) is 0.377. The summed E-state index contributed by atoms with van der Waals surface area (Å²) in [5.74, 6) is 0. The van der Waals surface area contributed by atoms with Crippen molar-refractivity contribution in [2.45, 2.75) is 58.5 Å². The predicted octanol–water partition coefficient (Wildman–Crippen LogP) is 4.51. The maximum Gasteiger partial charge on any atom is 0.0752 e. The number of allylic oxidation sites excluding steroid dienone is 1. The average molecular weight is 254 g/mol. The monoisotopic (exact) mass is 254 g/mol. The Balaban J connectivity index is 3.52. The van der Waals surface area contributed by atoms with Crippen LogP contribution in [-0.4, -0.2) is 26.4 Å². The van der Waals surface area contributed by atoms with E-state index in [4.69, 9.17) is 9.47 Å². The molecule has 0 aromatic heterocycles. The van der Waals surface area contributed by atoms with Crippen molar-refractivity contribution < 1.29 is 9.47 Å². The van der Waals surface area contributed by atoms with Crippen molar-refractivity contribution in [1.82, 2.24) is 0 Å². The van der Waals surface area contributed by atoms with Crippen LogP contribution in [0.4, 0.5) is 0 Å². The van der Waals surface area contributed by atoms with E-state index in [9.17, 15) is 0 Å². The summed E-state index contributed by atoms with van der Waals surface area (Å²) in [5.41, 5.74) is 0. The van der Waals surface area contributed by atoms with Crippen LogP contribution in [-0.2, 0) is 9.47 Å². The largest absolute Gasteiger partial charge is 0.377 e. The molecule has 0 aliphatic heterocycles. The summed E-state index contributed by atoms with van der Waals surface area (Å²) in [5, 5.41) is 0. The Labute approximate surface area is 113 Å². The molecule has 18 heavy (non-hydrogen) atoms. The molecule has 0 rings (SSSR count). The molecule has 0 saturated carbocycles. The molecular weight excluding hydrogens is 224 g/mol. The minimum atomic E-state index is 0.247. The summed E-state index contributed by atoms with van der Waals surface area (Å²) in [7, 11) is 1.78. The van der Waals surface area contributed by atoms with Gasteiger partial charge in [-0.15, -0.1) is 0 Å². The van der Waals surface area contributed by atoms with Crippen molar-refractivity contribution in [3.05, 3.63) is 24.3 Å². The summed E-state index contributed by atoms with van der Waals surface area (Å²) >= 11 is 0. The molecule has 0 radical (unpaired) electrons. The van der Waals surface area contributed by atoms with Gasteiger partial charge in [0.1, 0.15) is 0 Å². The van der Waals surface area contributed by atoms with Crippen molar-refractivity contribution in [1.29, 1.82) is 0 Å². The molecule has 0 amide bonds. The standard InChI is InChI=1S/C16H30O2/c1-4-6-8-9-10-12-16(17-3)13-11-15-18-14-7-5-2/h5,7,11,13,16H,4,6,8-10,12,14-15H2,1-3H3/b7-5+,13-11-. The Kier molecular flexibility index (Phi) is 14.0. The van der Waals surface area contributed by atoms with Gasteiger partial charge in [0.15, 0.2) is 0 Å². The van der Waals surface area contributed by atoms with Crippen molar-refractivity contribution in [3.8, 4) is 0 Å². The van der Waals surface area contributed by atoms with Crippen LogP contribution in [0.2, 0.25) is 0 Å². The Bertz CT molecular complexity index is 209. The summed E-state index contributed by atoms with van der Waals surface area (Å²) in [6, 6.07) is 0. The zero-order chi connectivity index (χ0) is 13.5. The fourth-order valence-electron chi connectivity index (χ4n) is 1.75. The SMILES string of the molecule is C/C=C/COC/C=C\C(CCCCCCC)OC. The lowest BCUT2D eigenvalue weighted by atomic mass is 10.1. The van der Waals surface area contributed by atoms with Crippen LogP contribution in [0.25, 0.3) is 0 Å². The van der Waals surface area contributed by atoms with Crippen molar-refractivity contribution >= 4 is 0 Å². The molecule has 0 heterocycles. The van der Waals surface area contributed by atoms with Gasteiger partial charge >= 0.3 is 0 Å². The molecule has 106 valence electrons. The Morgan fingerprint density at radius 2 is 1.72 bits per heavy atom. The third-order valence-electron chi connectivity index (χ3n) is 2.91. The Hall–Kier alpha value is -0.600. The third kappa shape index (κ3) is 11.9. The fraction of sp³-hybridized carbons (Fsp3) is 0.750. The molecule has 0 aromatic rings. The highest BCUT2D eigenvalue weighted by atomic mass is 16.5. The van der Waals surface area contributed by atoms with E-state index in [1.54, 1.807) is 7.11 Å². The molecule has 2 heteroatoms. The lowest BCUT2D eigenvalue weighted by molar-refractivity contribution is 0.129. The molecular formula is C16H30O2. The first-order valence-corrected chi connectivity index (χ1v) is 7.23. The van der Waals surface area contributed by atoms with E-state index in [1.807, 2.05) is 19.1 Å². The summed E-state index contributed by atoms with van der Waals surface area (Å²) < 4.78 is 10.8. The van der Waals surface area contributed by atoms with Crippen LogP contribution < -0.4 is 0 Å². The second-order valence-electron chi connectivity index (χ2n) is 4.51. The zero-order valence-electron chi connectivity index (χ0n) is 12.4. The van der Waals surface area contributed by atoms with Crippen molar-refractivity contribution in [2.24, 2.45) is 0 Å². The molecule has 0 spiro atoms. The first kappa shape index (κ1) is 17.4. The molecule has 0 saturated heterocycles. The zero-order valence-corrected chi connectivity index (χ0v) is 12.4. The maximum absolute atomic E-state index is 5.43. The molecule has 1 atom stereocenters. The minimum absolute atomic E-state index is 0.247. The average Bonchev–Trinajstić information content (AvgIpc) is 2.40. The first-order valence-electron chi connectivity index (χ1n) is 7.23. The van der Waals surface area contributed by atoms with E-state index in [2.05, 4.69) is 19.1 Å². The Morgan fingerprint density at radius 1 is 1.00 bits per heavy atom. The van der Waals surface area contributed by atoms with Gasteiger partial charge in [0.2, 0.25) is 0 Å². The fourth-order valence-corrected chi connectivity index (χ4v) is 1.75. The van der Waals surface area contributed by atoms with Gasteiger partial charge in [0, 0.05) is 7.11 Å². The van der Waals surface area contributed by atoms with E-state index in [0.29, 0.717) is 13.2 Å². The number of unbranched alkanes of at least 4 members (excludes halogenated alkanes) is 4. The van der Waals surface area contributed by atoms with Crippen LogP contribution >= 0.6 is 0 Å². The van der Waals surface area contributed by atoms with Crippen molar-refractivity contribution in [3.63, 3.8) is 0 Å². The number of hydrogen-bond donors (Lipinski definition) is 0. The number of rotatable bonds is 12.